The molecule has 1 aliphatic rings. The molecule has 0 unspecified atom stereocenters. The smallest absolute Gasteiger partial charge is 0.407 e. The zero-order valence-corrected chi connectivity index (χ0v) is 18.6. The molecular weight excluding hydrogens is 443 g/mol. The number of amides is 1. The summed E-state index contributed by atoms with van der Waals surface area (Å²) in [5.74, 6) is -0.334. The van der Waals surface area contributed by atoms with E-state index in [4.69, 9.17) is 14.7 Å². The van der Waals surface area contributed by atoms with Crippen LogP contribution < -0.4 is 9.57 Å². The molecule has 0 radical (unpaired) electrons. The first-order valence-corrected chi connectivity index (χ1v) is 11.6. The topological polar surface area (TPSA) is 131 Å². The largest absolute Gasteiger partial charge is 0.474 e. The van der Waals surface area contributed by atoms with Crippen LogP contribution in [-0.2, 0) is 9.84 Å². The highest BCUT2D eigenvalue weighted by Gasteiger charge is 2.25. The Bertz CT molecular complexity index is 1150. The fraction of sp³-hybridized carbons (Fsp3) is 0.400. The number of hydrogen-bond donors (Lipinski definition) is 1. The van der Waals surface area contributed by atoms with Gasteiger partial charge in [0, 0.05) is 37.8 Å². The number of oxime groups is 1. The Morgan fingerprint density at radius 1 is 1.25 bits per heavy atom. The summed E-state index contributed by atoms with van der Waals surface area (Å²) in [6.45, 7) is 3.95. The second-order valence-corrected chi connectivity index (χ2v) is 9.39. The molecule has 32 heavy (non-hydrogen) atoms. The number of rotatable bonds is 6. The SMILES string of the molecule is CC(=NOc1ncnc(OC2CCN(C(=O)O)CC2)c1C)c1ccc(S(C)(=O)=O)cc1F. The van der Waals surface area contributed by atoms with Gasteiger partial charge in [0.25, 0.3) is 5.88 Å². The van der Waals surface area contributed by atoms with Crippen LogP contribution in [0.4, 0.5) is 9.18 Å². The van der Waals surface area contributed by atoms with Crippen molar-refractivity contribution in [1.82, 2.24) is 14.9 Å². The number of carbonyl (C=O) groups is 1. The number of hydrogen-bond acceptors (Lipinski definition) is 8. The predicted octanol–water partition coefficient (Wildman–Crippen LogP) is 2.65. The number of carboxylic acid groups (broad SMARTS) is 1. The normalized spacial score (nSPS) is 15.5. The number of nitrogens with zero attached hydrogens (tertiary/aromatic N) is 4. The maximum atomic E-state index is 14.4. The van der Waals surface area contributed by atoms with Gasteiger partial charge in [-0.15, -0.1) is 0 Å². The van der Waals surface area contributed by atoms with E-state index in [9.17, 15) is 17.6 Å². The van der Waals surface area contributed by atoms with Gasteiger partial charge >= 0.3 is 6.09 Å². The molecule has 0 bridgehead atoms. The van der Waals surface area contributed by atoms with Gasteiger partial charge in [-0.1, -0.05) is 5.16 Å². The Hall–Kier alpha value is -3.28. The van der Waals surface area contributed by atoms with Gasteiger partial charge in [-0.2, -0.15) is 4.98 Å². The summed E-state index contributed by atoms with van der Waals surface area (Å²) in [6, 6.07) is 3.55. The lowest BCUT2D eigenvalue weighted by Crippen LogP contribution is -2.41. The van der Waals surface area contributed by atoms with Crippen LogP contribution in [0.3, 0.4) is 0 Å². The summed E-state index contributed by atoms with van der Waals surface area (Å²) >= 11 is 0. The first-order chi connectivity index (χ1) is 15.1. The second-order valence-electron chi connectivity index (χ2n) is 7.38. The minimum Gasteiger partial charge on any atom is -0.474 e. The van der Waals surface area contributed by atoms with Crippen molar-refractivity contribution in [2.45, 2.75) is 37.7 Å². The zero-order chi connectivity index (χ0) is 23.5. The highest BCUT2D eigenvalue weighted by molar-refractivity contribution is 7.90. The van der Waals surface area contributed by atoms with Crippen LogP contribution in [0, 0.1) is 12.7 Å². The second kappa shape index (κ2) is 9.47. The van der Waals surface area contributed by atoms with Gasteiger partial charge in [-0.25, -0.2) is 22.6 Å². The fourth-order valence-electron chi connectivity index (χ4n) is 3.13. The van der Waals surface area contributed by atoms with Crippen LogP contribution in [0.2, 0.25) is 0 Å². The van der Waals surface area contributed by atoms with E-state index < -0.39 is 21.7 Å². The Balaban J connectivity index is 1.71. The lowest BCUT2D eigenvalue weighted by atomic mass is 10.1. The Kier molecular flexibility index (Phi) is 6.92. The highest BCUT2D eigenvalue weighted by atomic mass is 32.2. The van der Waals surface area contributed by atoms with Crippen molar-refractivity contribution < 1.29 is 32.3 Å². The van der Waals surface area contributed by atoms with Crippen LogP contribution in [0.25, 0.3) is 0 Å². The predicted molar refractivity (Wildman–Crippen MR) is 112 cm³/mol. The molecule has 1 fully saturated rings. The number of piperidine rings is 1. The lowest BCUT2D eigenvalue weighted by Gasteiger charge is -2.30. The van der Waals surface area contributed by atoms with E-state index in [0.29, 0.717) is 37.4 Å². The van der Waals surface area contributed by atoms with Crippen LogP contribution in [0.15, 0.2) is 34.6 Å². The highest BCUT2D eigenvalue weighted by Crippen LogP contribution is 2.26. The summed E-state index contributed by atoms with van der Waals surface area (Å²) in [6.07, 6.45) is 2.17. The quantitative estimate of drug-likeness (QED) is 0.508. The van der Waals surface area contributed by atoms with E-state index in [1.807, 2.05) is 0 Å². The van der Waals surface area contributed by atoms with Crippen molar-refractivity contribution in [2.75, 3.05) is 19.3 Å². The van der Waals surface area contributed by atoms with Gasteiger partial charge in [0.05, 0.1) is 16.2 Å². The summed E-state index contributed by atoms with van der Waals surface area (Å²) in [5, 5.41) is 12.9. The zero-order valence-electron chi connectivity index (χ0n) is 17.8. The van der Waals surface area contributed by atoms with Crippen molar-refractivity contribution in [3.8, 4) is 11.8 Å². The molecule has 0 atom stereocenters. The standard InChI is InChI=1S/C20H23FN4O6S/c1-12-18(30-14-6-8-25(9-7-14)20(26)27)22-11-23-19(12)31-24-13(2)16-5-4-15(10-17(16)21)32(3,28)29/h4-5,10-11,14H,6-9H2,1-3H3,(H,26,27). The molecule has 10 nitrogen and oxygen atoms in total. The monoisotopic (exact) mass is 466 g/mol. The summed E-state index contributed by atoms with van der Waals surface area (Å²) in [7, 11) is -3.53. The third-order valence-electron chi connectivity index (χ3n) is 5.01. The van der Waals surface area contributed by atoms with E-state index in [1.165, 1.54) is 30.3 Å². The number of ether oxygens (including phenoxy) is 1. The summed E-state index contributed by atoms with van der Waals surface area (Å²) in [4.78, 5) is 25.7. The number of sulfone groups is 1. The molecule has 172 valence electrons. The summed E-state index contributed by atoms with van der Waals surface area (Å²) < 4.78 is 43.4. The molecule has 2 heterocycles. The van der Waals surface area contributed by atoms with Gasteiger partial charge in [-0.05, 0) is 32.0 Å². The summed E-state index contributed by atoms with van der Waals surface area (Å²) in [5.41, 5.74) is 0.757. The number of halogens is 1. The molecular formula is C20H23FN4O6S. The minimum atomic E-state index is -3.53. The third kappa shape index (κ3) is 5.49. The van der Waals surface area contributed by atoms with Gasteiger partial charge in [-0.3, -0.25) is 0 Å². The Morgan fingerprint density at radius 3 is 2.50 bits per heavy atom. The van der Waals surface area contributed by atoms with E-state index in [1.54, 1.807) is 6.92 Å². The molecule has 1 N–H and O–H groups in total. The average molecular weight is 466 g/mol. The molecule has 0 aliphatic carbocycles. The molecule has 12 heteroatoms. The van der Waals surface area contributed by atoms with Gasteiger partial charge in [0.2, 0.25) is 5.88 Å². The molecule has 1 aliphatic heterocycles. The molecule has 1 aromatic carbocycles. The maximum absolute atomic E-state index is 14.4. The third-order valence-corrected chi connectivity index (χ3v) is 6.12. The average Bonchev–Trinajstić information content (AvgIpc) is 2.73. The van der Waals surface area contributed by atoms with Gasteiger partial charge in [0.15, 0.2) is 9.84 Å². The number of benzene rings is 1. The Morgan fingerprint density at radius 2 is 1.91 bits per heavy atom. The van der Waals surface area contributed by atoms with Crippen molar-refractivity contribution in [3.05, 3.63) is 41.5 Å². The van der Waals surface area contributed by atoms with E-state index in [-0.39, 0.29) is 28.2 Å². The lowest BCUT2D eigenvalue weighted by molar-refractivity contribution is 0.0863. The van der Waals surface area contributed by atoms with Crippen molar-refractivity contribution in [3.63, 3.8) is 0 Å². The van der Waals surface area contributed by atoms with Gasteiger partial charge in [0.1, 0.15) is 18.2 Å². The van der Waals surface area contributed by atoms with Crippen molar-refractivity contribution in [1.29, 1.82) is 0 Å². The minimum absolute atomic E-state index is 0.0887. The molecule has 0 spiro atoms. The molecule has 2 aromatic rings. The van der Waals surface area contributed by atoms with Gasteiger partial charge < -0.3 is 19.6 Å². The van der Waals surface area contributed by atoms with Crippen LogP contribution in [0.1, 0.15) is 30.9 Å². The van der Waals surface area contributed by atoms with Crippen LogP contribution in [-0.4, -0.2) is 65.6 Å². The first-order valence-electron chi connectivity index (χ1n) is 9.74. The number of aromatic nitrogens is 2. The molecule has 1 aromatic heterocycles. The maximum Gasteiger partial charge on any atom is 0.407 e. The Labute approximate surface area is 184 Å². The van der Waals surface area contributed by atoms with E-state index >= 15 is 0 Å². The molecule has 1 amide bonds. The van der Waals surface area contributed by atoms with E-state index in [0.717, 1.165) is 12.3 Å². The van der Waals surface area contributed by atoms with E-state index in [2.05, 4.69) is 15.1 Å². The molecule has 1 saturated heterocycles. The molecule has 3 rings (SSSR count). The van der Waals surface area contributed by atoms with Crippen molar-refractivity contribution in [2.24, 2.45) is 5.16 Å². The van der Waals surface area contributed by atoms with Crippen molar-refractivity contribution >= 4 is 21.6 Å². The van der Waals surface area contributed by atoms with Crippen LogP contribution >= 0.6 is 0 Å². The van der Waals surface area contributed by atoms with Crippen LogP contribution in [0.5, 0.6) is 11.8 Å². The first kappa shape index (κ1) is 23.4. The number of likely N-dealkylation sites (tertiary alicyclic amines) is 1. The molecule has 0 saturated carbocycles. The fourth-order valence-corrected chi connectivity index (χ4v) is 3.77.